The maximum atomic E-state index is 11.6. The van der Waals surface area contributed by atoms with E-state index in [0.29, 0.717) is 6.61 Å². The maximum absolute atomic E-state index is 11.6. The molecule has 1 fully saturated rings. The van der Waals surface area contributed by atoms with Crippen LogP contribution in [0.2, 0.25) is 0 Å². The van der Waals surface area contributed by atoms with Crippen LogP contribution in [0, 0.1) is 5.92 Å². The van der Waals surface area contributed by atoms with Crippen molar-refractivity contribution in [2.75, 3.05) is 13.2 Å². The van der Waals surface area contributed by atoms with E-state index in [-0.39, 0.29) is 24.9 Å². The van der Waals surface area contributed by atoms with E-state index < -0.39 is 12.1 Å². The molecule has 1 aromatic rings. The minimum atomic E-state index is -0.573. The van der Waals surface area contributed by atoms with Crippen molar-refractivity contribution in [2.45, 2.75) is 19.6 Å². The molecule has 1 saturated heterocycles. The smallest absolute Gasteiger partial charge is 0.408 e. The summed E-state index contributed by atoms with van der Waals surface area (Å²) in [5.41, 5.74) is 0.906. The van der Waals surface area contributed by atoms with Crippen LogP contribution < -0.4 is 5.32 Å². The van der Waals surface area contributed by atoms with Crippen LogP contribution in [0.5, 0.6) is 0 Å². The van der Waals surface area contributed by atoms with Crippen LogP contribution in [-0.2, 0) is 20.9 Å². The lowest BCUT2D eigenvalue weighted by atomic mass is 9.97. The highest BCUT2D eigenvalue weighted by molar-refractivity contribution is 5.89. The van der Waals surface area contributed by atoms with Gasteiger partial charge in [0.2, 0.25) is 0 Å². The van der Waals surface area contributed by atoms with Crippen LogP contribution in [0.1, 0.15) is 12.5 Å². The van der Waals surface area contributed by atoms with E-state index in [1.54, 1.807) is 0 Å². The highest BCUT2D eigenvalue weighted by atomic mass is 16.5. The number of ketones is 1. The Balaban J connectivity index is 1.82. The molecule has 1 aliphatic heterocycles. The van der Waals surface area contributed by atoms with Gasteiger partial charge in [0.15, 0.2) is 5.78 Å². The molecule has 0 saturated carbocycles. The standard InChI is InChI=1S/C14H17NO4/c1-10-7-18-9-12(16)13(10)15-14(17)19-8-11-5-3-2-4-6-11/h2-6,10,13H,7-9H2,1H3,(H,15,17). The molecule has 0 spiro atoms. The third-order valence-corrected chi connectivity index (χ3v) is 3.03. The molecule has 1 amide bonds. The monoisotopic (exact) mass is 263 g/mol. The Labute approximate surface area is 111 Å². The van der Waals surface area contributed by atoms with Crippen LogP contribution >= 0.6 is 0 Å². The van der Waals surface area contributed by atoms with Gasteiger partial charge in [-0.1, -0.05) is 37.3 Å². The third kappa shape index (κ3) is 3.79. The van der Waals surface area contributed by atoms with E-state index in [1.165, 1.54) is 0 Å². The molecule has 1 heterocycles. The summed E-state index contributed by atoms with van der Waals surface area (Å²) in [6.45, 7) is 2.57. The van der Waals surface area contributed by atoms with Crippen molar-refractivity contribution in [3.8, 4) is 0 Å². The minimum Gasteiger partial charge on any atom is -0.445 e. The molecule has 2 unspecified atom stereocenters. The van der Waals surface area contributed by atoms with Gasteiger partial charge in [0, 0.05) is 5.92 Å². The molecule has 102 valence electrons. The van der Waals surface area contributed by atoms with Crippen molar-refractivity contribution >= 4 is 11.9 Å². The normalized spacial score (nSPS) is 22.9. The predicted molar refractivity (Wildman–Crippen MR) is 68.5 cm³/mol. The molecule has 2 atom stereocenters. The van der Waals surface area contributed by atoms with Gasteiger partial charge in [-0.3, -0.25) is 4.79 Å². The van der Waals surface area contributed by atoms with Crippen LogP contribution in [-0.4, -0.2) is 31.1 Å². The number of Topliss-reactive ketones (excluding diaryl/α,β-unsaturated/α-hetero) is 1. The molecule has 19 heavy (non-hydrogen) atoms. The first-order valence-corrected chi connectivity index (χ1v) is 6.24. The van der Waals surface area contributed by atoms with Gasteiger partial charge in [-0.25, -0.2) is 4.79 Å². The second-order valence-electron chi connectivity index (χ2n) is 4.64. The summed E-state index contributed by atoms with van der Waals surface area (Å²) in [4.78, 5) is 23.3. The Bertz CT molecular complexity index is 446. The summed E-state index contributed by atoms with van der Waals surface area (Å²) in [7, 11) is 0. The van der Waals surface area contributed by atoms with Crippen molar-refractivity contribution in [1.82, 2.24) is 5.32 Å². The number of rotatable bonds is 3. The van der Waals surface area contributed by atoms with Gasteiger partial charge in [-0.05, 0) is 5.56 Å². The zero-order chi connectivity index (χ0) is 13.7. The van der Waals surface area contributed by atoms with Crippen molar-refractivity contribution in [2.24, 2.45) is 5.92 Å². The zero-order valence-electron chi connectivity index (χ0n) is 10.8. The quantitative estimate of drug-likeness (QED) is 0.898. The lowest BCUT2D eigenvalue weighted by Crippen LogP contribution is -2.51. The number of alkyl carbamates (subject to hydrolysis) is 1. The average molecular weight is 263 g/mol. The summed E-state index contributed by atoms with van der Waals surface area (Å²) < 4.78 is 10.2. The lowest BCUT2D eigenvalue weighted by molar-refractivity contribution is -0.132. The van der Waals surface area contributed by atoms with E-state index in [9.17, 15) is 9.59 Å². The first-order chi connectivity index (χ1) is 9.16. The predicted octanol–water partition coefficient (Wildman–Crippen LogP) is 1.52. The van der Waals surface area contributed by atoms with Crippen molar-refractivity contribution in [3.05, 3.63) is 35.9 Å². The molecule has 0 bridgehead atoms. The van der Waals surface area contributed by atoms with E-state index in [0.717, 1.165) is 5.56 Å². The summed E-state index contributed by atoms with van der Waals surface area (Å²) in [6.07, 6.45) is -0.573. The molecule has 5 heteroatoms. The van der Waals surface area contributed by atoms with Crippen LogP contribution in [0.3, 0.4) is 0 Å². The fraction of sp³-hybridized carbons (Fsp3) is 0.429. The third-order valence-electron chi connectivity index (χ3n) is 3.03. The van der Waals surface area contributed by atoms with Gasteiger partial charge in [0.05, 0.1) is 12.6 Å². The number of hydrogen-bond acceptors (Lipinski definition) is 4. The molecule has 1 N–H and O–H groups in total. The molecule has 0 radical (unpaired) electrons. The first kappa shape index (κ1) is 13.5. The Morgan fingerprint density at radius 1 is 1.42 bits per heavy atom. The number of hydrogen-bond donors (Lipinski definition) is 1. The SMILES string of the molecule is CC1COCC(=O)C1NC(=O)OCc1ccccc1. The highest BCUT2D eigenvalue weighted by Crippen LogP contribution is 2.11. The van der Waals surface area contributed by atoms with Gasteiger partial charge >= 0.3 is 6.09 Å². The number of nitrogens with one attached hydrogen (secondary N) is 1. The first-order valence-electron chi connectivity index (χ1n) is 6.24. The Morgan fingerprint density at radius 3 is 2.84 bits per heavy atom. The van der Waals surface area contributed by atoms with Crippen LogP contribution in [0.4, 0.5) is 4.79 Å². The number of amides is 1. The second-order valence-corrected chi connectivity index (χ2v) is 4.64. The minimum absolute atomic E-state index is 0.0366. The van der Waals surface area contributed by atoms with Gasteiger partial charge in [-0.15, -0.1) is 0 Å². The van der Waals surface area contributed by atoms with Gasteiger partial charge in [0.25, 0.3) is 0 Å². The van der Waals surface area contributed by atoms with E-state index in [1.807, 2.05) is 37.3 Å². The molecule has 0 aliphatic carbocycles. The highest BCUT2D eigenvalue weighted by Gasteiger charge is 2.31. The molecule has 5 nitrogen and oxygen atoms in total. The molecular weight excluding hydrogens is 246 g/mol. The van der Waals surface area contributed by atoms with Gasteiger partial charge < -0.3 is 14.8 Å². The molecular formula is C14H17NO4. The van der Waals surface area contributed by atoms with E-state index in [2.05, 4.69) is 5.32 Å². The maximum Gasteiger partial charge on any atom is 0.408 e. The zero-order valence-corrected chi connectivity index (χ0v) is 10.8. The summed E-state index contributed by atoms with van der Waals surface area (Å²) in [6, 6.07) is 8.87. The second kappa shape index (κ2) is 6.33. The summed E-state index contributed by atoms with van der Waals surface area (Å²) in [5, 5.41) is 2.60. The van der Waals surface area contributed by atoms with E-state index >= 15 is 0 Å². The largest absolute Gasteiger partial charge is 0.445 e. The van der Waals surface area contributed by atoms with Crippen LogP contribution in [0.25, 0.3) is 0 Å². The molecule has 2 rings (SSSR count). The fourth-order valence-corrected chi connectivity index (χ4v) is 1.96. The van der Waals surface area contributed by atoms with E-state index in [4.69, 9.17) is 9.47 Å². The van der Waals surface area contributed by atoms with Crippen molar-refractivity contribution < 1.29 is 19.1 Å². The number of carbonyl (C=O) groups is 2. The Kier molecular flexibility index (Phi) is 4.52. The molecule has 1 aromatic carbocycles. The van der Waals surface area contributed by atoms with Gasteiger partial charge in [-0.2, -0.15) is 0 Å². The summed E-state index contributed by atoms with van der Waals surface area (Å²) >= 11 is 0. The fourth-order valence-electron chi connectivity index (χ4n) is 1.96. The number of carbonyl (C=O) groups excluding carboxylic acids is 2. The number of benzene rings is 1. The average Bonchev–Trinajstić information content (AvgIpc) is 2.42. The number of ether oxygens (including phenoxy) is 2. The van der Waals surface area contributed by atoms with Crippen molar-refractivity contribution in [1.29, 1.82) is 0 Å². The molecule has 0 aromatic heterocycles. The Hall–Kier alpha value is -1.88. The topological polar surface area (TPSA) is 64.6 Å². The van der Waals surface area contributed by atoms with Gasteiger partial charge in [0.1, 0.15) is 13.2 Å². The Morgan fingerprint density at radius 2 is 2.16 bits per heavy atom. The molecule has 1 aliphatic rings. The van der Waals surface area contributed by atoms with Crippen LogP contribution in [0.15, 0.2) is 30.3 Å². The summed E-state index contributed by atoms with van der Waals surface area (Å²) in [5.74, 6) is -0.152. The van der Waals surface area contributed by atoms with Crippen molar-refractivity contribution in [3.63, 3.8) is 0 Å². The lowest BCUT2D eigenvalue weighted by Gasteiger charge is -2.27.